The van der Waals surface area contributed by atoms with E-state index in [0.29, 0.717) is 24.7 Å². The predicted octanol–water partition coefficient (Wildman–Crippen LogP) is 2.65. The zero-order chi connectivity index (χ0) is 22.4. The lowest BCUT2D eigenvalue weighted by atomic mass is 10.0. The third kappa shape index (κ3) is 5.93. The lowest BCUT2D eigenvalue weighted by Crippen LogP contribution is -2.42. The Morgan fingerprint density at radius 3 is 2.55 bits per heavy atom. The molecule has 1 unspecified atom stereocenters. The van der Waals surface area contributed by atoms with Gasteiger partial charge in [-0.1, -0.05) is 18.2 Å². The molecule has 31 heavy (non-hydrogen) atoms. The quantitative estimate of drug-likeness (QED) is 0.679. The van der Waals surface area contributed by atoms with Crippen molar-refractivity contribution in [1.29, 1.82) is 0 Å². The third-order valence-corrected chi connectivity index (χ3v) is 5.40. The largest absolute Gasteiger partial charge is 0.484 e. The molecule has 0 radical (unpaired) electrons. The standard InChI is InChI=1S/C23H31N5O3/c1-17(29)27(4)15-18-14-21(26(2)3)25-23(24-18)20-12-8-9-13-28(20)22(30)16-31-19-10-6-5-7-11-19/h5-7,10-11,14,20H,8-9,12-13,15-16H2,1-4H3. The zero-order valence-electron chi connectivity index (χ0n) is 18.7. The molecule has 8 heteroatoms. The number of nitrogens with zero attached hydrogens (tertiary/aromatic N) is 5. The summed E-state index contributed by atoms with van der Waals surface area (Å²) < 4.78 is 5.69. The normalized spacial score (nSPS) is 16.0. The van der Waals surface area contributed by atoms with Gasteiger partial charge in [0.15, 0.2) is 12.4 Å². The van der Waals surface area contributed by atoms with Crippen molar-refractivity contribution in [1.82, 2.24) is 19.8 Å². The highest BCUT2D eigenvalue weighted by Gasteiger charge is 2.31. The molecule has 3 rings (SSSR count). The van der Waals surface area contributed by atoms with Crippen LogP contribution >= 0.6 is 0 Å². The Labute approximate surface area is 183 Å². The van der Waals surface area contributed by atoms with Crippen molar-refractivity contribution >= 4 is 17.6 Å². The number of piperidine rings is 1. The number of hydrogen-bond acceptors (Lipinski definition) is 6. The average Bonchev–Trinajstić information content (AvgIpc) is 2.77. The number of rotatable bonds is 7. The van der Waals surface area contributed by atoms with Gasteiger partial charge in [-0.2, -0.15) is 0 Å². The minimum Gasteiger partial charge on any atom is -0.484 e. The number of hydrogen-bond donors (Lipinski definition) is 0. The molecule has 1 atom stereocenters. The van der Waals surface area contributed by atoms with E-state index in [1.54, 1.807) is 11.9 Å². The van der Waals surface area contributed by atoms with Crippen LogP contribution in [0.15, 0.2) is 36.4 Å². The zero-order valence-corrected chi connectivity index (χ0v) is 18.7. The second kappa shape index (κ2) is 10.2. The second-order valence-corrected chi connectivity index (χ2v) is 8.05. The third-order valence-electron chi connectivity index (χ3n) is 5.40. The van der Waals surface area contributed by atoms with Gasteiger partial charge in [-0.25, -0.2) is 9.97 Å². The highest BCUT2D eigenvalue weighted by molar-refractivity contribution is 5.78. The van der Waals surface area contributed by atoms with Gasteiger partial charge in [-0.3, -0.25) is 9.59 Å². The maximum atomic E-state index is 13.0. The number of amides is 2. The predicted molar refractivity (Wildman–Crippen MR) is 119 cm³/mol. The van der Waals surface area contributed by atoms with Gasteiger partial charge in [0.25, 0.3) is 5.91 Å². The molecule has 1 aromatic heterocycles. The molecule has 166 valence electrons. The Morgan fingerprint density at radius 1 is 1.13 bits per heavy atom. The number of anilines is 1. The van der Waals surface area contributed by atoms with Crippen LogP contribution in [0.4, 0.5) is 5.82 Å². The molecule has 1 aromatic carbocycles. The highest BCUT2D eigenvalue weighted by Crippen LogP contribution is 2.30. The molecule has 2 amide bonds. The molecule has 0 bridgehead atoms. The summed E-state index contributed by atoms with van der Waals surface area (Å²) in [6, 6.07) is 11.0. The van der Waals surface area contributed by atoms with Crippen LogP contribution in [0.5, 0.6) is 5.75 Å². The Balaban J connectivity index is 1.82. The lowest BCUT2D eigenvalue weighted by molar-refractivity contribution is -0.137. The van der Waals surface area contributed by atoms with E-state index >= 15 is 0 Å². The molecule has 2 heterocycles. The van der Waals surface area contributed by atoms with Crippen LogP contribution in [0.25, 0.3) is 0 Å². The summed E-state index contributed by atoms with van der Waals surface area (Å²) >= 11 is 0. The van der Waals surface area contributed by atoms with Crippen LogP contribution < -0.4 is 9.64 Å². The molecular formula is C23H31N5O3. The Bertz CT molecular complexity index is 903. The van der Waals surface area contributed by atoms with Gasteiger partial charge in [0.2, 0.25) is 5.91 Å². The SMILES string of the molecule is CC(=O)N(C)Cc1cc(N(C)C)nc(C2CCCCN2C(=O)COc2ccccc2)n1. The molecule has 1 fully saturated rings. The van der Waals surface area contributed by atoms with Crippen molar-refractivity contribution in [2.24, 2.45) is 0 Å². The van der Waals surface area contributed by atoms with E-state index in [1.165, 1.54) is 6.92 Å². The summed E-state index contributed by atoms with van der Waals surface area (Å²) in [5, 5.41) is 0. The first-order valence-electron chi connectivity index (χ1n) is 10.6. The first-order valence-corrected chi connectivity index (χ1v) is 10.6. The molecular weight excluding hydrogens is 394 g/mol. The van der Waals surface area contributed by atoms with E-state index in [9.17, 15) is 9.59 Å². The maximum absolute atomic E-state index is 13.0. The smallest absolute Gasteiger partial charge is 0.261 e. The number of aromatic nitrogens is 2. The fourth-order valence-electron chi connectivity index (χ4n) is 3.56. The number of para-hydroxylation sites is 1. The van der Waals surface area contributed by atoms with Crippen molar-refractivity contribution in [3.63, 3.8) is 0 Å². The summed E-state index contributed by atoms with van der Waals surface area (Å²) in [6.45, 7) is 2.56. The second-order valence-electron chi connectivity index (χ2n) is 8.05. The molecule has 2 aromatic rings. The van der Waals surface area contributed by atoms with Crippen LogP contribution in [0, 0.1) is 0 Å². The molecule has 1 saturated heterocycles. The van der Waals surface area contributed by atoms with Crippen molar-refractivity contribution in [3.05, 3.63) is 47.9 Å². The van der Waals surface area contributed by atoms with Crippen LogP contribution in [0.3, 0.4) is 0 Å². The highest BCUT2D eigenvalue weighted by atomic mass is 16.5. The maximum Gasteiger partial charge on any atom is 0.261 e. The van der Waals surface area contributed by atoms with Gasteiger partial charge in [0, 0.05) is 40.7 Å². The Kier molecular flexibility index (Phi) is 7.44. The van der Waals surface area contributed by atoms with Crippen LogP contribution in [-0.2, 0) is 16.1 Å². The minimum atomic E-state index is -0.207. The first kappa shape index (κ1) is 22.5. The number of ether oxygens (including phenoxy) is 1. The Morgan fingerprint density at radius 2 is 1.87 bits per heavy atom. The minimum absolute atomic E-state index is 0.0200. The van der Waals surface area contributed by atoms with E-state index in [1.807, 2.05) is 60.3 Å². The van der Waals surface area contributed by atoms with E-state index in [-0.39, 0.29) is 24.5 Å². The number of carbonyl (C=O) groups is 2. The number of likely N-dealkylation sites (tertiary alicyclic amines) is 1. The summed E-state index contributed by atoms with van der Waals surface area (Å²) in [5.41, 5.74) is 0.755. The monoisotopic (exact) mass is 425 g/mol. The Hall–Kier alpha value is -3.16. The molecule has 0 N–H and O–H groups in total. The number of benzene rings is 1. The summed E-state index contributed by atoms with van der Waals surface area (Å²) in [7, 11) is 5.58. The van der Waals surface area contributed by atoms with Gasteiger partial charge in [-0.15, -0.1) is 0 Å². The van der Waals surface area contributed by atoms with E-state index < -0.39 is 0 Å². The molecule has 0 spiro atoms. The average molecular weight is 426 g/mol. The van der Waals surface area contributed by atoms with Crippen molar-refractivity contribution < 1.29 is 14.3 Å². The number of carbonyl (C=O) groups excluding carboxylic acids is 2. The van der Waals surface area contributed by atoms with Crippen molar-refractivity contribution in [2.45, 2.75) is 38.8 Å². The molecule has 8 nitrogen and oxygen atoms in total. The van der Waals surface area contributed by atoms with E-state index in [2.05, 4.69) is 0 Å². The van der Waals surface area contributed by atoms with Gasteiger partial charge in [0.05, 0.1) is 18.3 Å². The summed E-state index contributed by atoms with van der Waals surface area (Å²) in [5.74, 6) is 1.94. The summed E-state index contributed by atoms with van der Waals surface area (Å²) in [4.78, 5) is 39.5. The molecule has 1 aliphatic rings. The fraction of sp³-hybridized carbons (Fsp3) is 0.478. The summed E-state index contributed by atoms with van der Waals surface area (Å²) in [6.07, 6.45) is 2.75. The molecule has 0 saturated carbocycles. The van der Waals surface area contributed by atoms with Gasteiger partial charge in [0.1, 0.15) is 11.6 Å². The van der Waals surface area contributed by atoms with Crippen LogP contribution in [0.1, 0.15) is 43.7 Å². The van der Waals surface area contributed by atoms with Gasteiger partial charge in [-0.05, 0) is 31.4 Å². The lowest BCUT2D eigenvalue weighted by Gasteiger charge is -2.35. The van der Waals surface area contributed by atoms with E-state index in [0.717, 1.165) is 30.8 Å². The van der Waals surface area contributed by atoms with E-state index in [4.69, 9.17) is 14.7 Å². The molecule has 1 aliphatic heterocycles. The van der Waals surface area contributed by atoms with Crippen molar-refractivity contribution in [3.8, 4) is 5.75 Å². The van der Waals surface area contributed by atoms with Gasteiger partial charge >= 0.3 is 0 Å². The first-order chi connectivity index (χ1) is 14.8. The topological polar surface area (TPSA) is 78.9 Å². The van der Waals surface area contributed by atoms with Gasteiger partial charge < -0.3 is 19.4 Å². The molecule has 0 aliphatic carbocycles. The van der Waals surface area contributed by atoms with Crippen molar-refractivity contribution in [2.75, 3.05) is 39.2 Å². The van der Waals surface area contributed by atoms with Crippen LogP contribution in [0.2, 0.25) is 0 Å². The van der Waals surface area contributed by atoms with Crippen LogP contribution in [-0.4, -0.2) is 65.9 Å². The fourth-order valence-corrected chi connectivity index (χ4v) is 3.56.